The van der Waals surface area contributed by atoms with Crippen LogP contribution in [0.15, 0.2) is 82.0 Å². The highest BCUT2D eigenvalue weighted by molar-refractivity contribution is 6.30. The van der Waals surface area contributed by atoms with Gasteiger partial charge in [-0.05, 0) is 58.9 Å². The van der Waals surface area contributed by atoms with Crippen molar-refractivity contribution in [3.05, 3.63) is 110 Å². The number of rotatable bonds is 8. The van der Waals surface area contributed by atoms with Gasteiger partial charge in [-0.2, -0.15) is 0 Å². The second-order valence-electron chi connectivity index (χ2n) is 13.7. The van der Waals surface area contributed by atoms with E-state index in [1.54, 1.807) is 29.2 Å². The number of carbonyl (C=O) groups excluding carboxylic acids is 3. The molecule has 2 aliphatic heterocycles. The van der Waals surface area contributed by atoms with Crippen molar-refractivity contribution in [3.8, 4) is 0 Å². The zero-order valence-corrected chi connectivity index (χ0v) is 28.4. The van der Waals surface area contributed by atoms with Gasteiger partial charge in [0.05, 0.1) is 5.39 Å². The Morgan fingerprint density at radius 2 is 1.65 bits per heavy atom. The van der Waals surface area contributed by atoms with Gasteiger partial charge in [0, 0.05) is 68.9 Å². The molecule has 4 aromatic rings. The SMILES string of the molecule is CC(C)(C)c1ccc2oc(C(=O)N[C@@H](Cc3ccc(Cl)cc3)C(=O)N3CCN(c4ccccc4CN4CCCC4=O)CC3)cc(=O)c2c1. The van der Waals surface area contributed by atoms with Crippen molar-refractivity contribution in [2.24, 2.45) is 0 Å². The third-order valence-electron chi connectivity index (χ3n) is 9.23. The third-order valence-corrected chi connectivity index (χ3v) is 9.48. The highest BCUT2D eigenvalue weighted by Crippen LogP contribution is 2.27. The van der Waals surface area contributed by atoms with E-state index in [-0.39, 0.29) is 34.8 Å². The van der Waals surface area contributed by atoms with E-state index < -0.39 is 11.9 Å². The number of amides is 3. The number of anilines is 1. The molecule has 2 fully saturated rings. The van der Waals surface area contributed by atoms with Crippen molar-refractivity contribution in [3.63, 3.8) is 0 Å². The predicted octanol–water partition coefficient (Wildman–Crippen LogP) is 5.56. The molecule has 3 aromatic carbocycles. The average Bonchev–Trinajstić information content (AvgIpc) is 3.48. The van der Waals surface area contributed by atoms with E-state index in [2.05, 4.69) is 43.1 Å². The zero-order valence-electron chi connectivity index (χ0n) is 27.6. The largest absolute Gasteiger partial charge is 0.451 e. The molecular weight excluding hydrogens is 628 g/mol. The normalized spacial score (nSPS) is 16.0. The third kappa shape index (κ3) is 7.41. The number of hydrogen-bond donors (Lipinski definition) is 1. The number of halogens is 1. The molecule has 6 rings (SSSR count). The van der Waals surface area contributed by atoms with E-state index in [0.29, 0.717) is 55.1 Å². The number of likely N-dealkylation sites (tertiary alicyclic amines) is 1. The quantitative estimate of drug-likeness (QED) is 0.264. The van der Waals surface area contributed by atoms with Crippen molar-refractivity contribution >= 4 is 46.0 Å². The summed E-state index contributed by atoms with van der Waals surface area (Å²) >= 11 is 6.11. The highest BCUT2D eigenvalue weighted by atomic mass is 35.5. The van der Waals surface area contributed by atoms with Gasteiger partial charge in [-0.1, -0.05) is 68.8 Å². The summed E-state index contributed by atoms with van der Waals surface area (Å²) in [4.78, 5) is 59.0. The standard InChI is InChI=1S/C38H41ClN4O5/c1-38(2,3)27-12-15-33-29(22-27)32(44)23-34(48-33)36(46)40-30(21-25-10-13-28(39)14-11-25)37(47)42-19-17-41(18-20-42)31-8-5-4-7-26(31)24-43-16-6-9-35(43)45/h4-5,7-8,10-15,22-23,30H,6,9,16-21,24H2,1-3H3,(H,40,46)/t30-/m0/s1. The fourth-order valence-corrected chi connectivity index (χ4v) is 6.56. The van der Waals surface area contributed by atoms with Gasteiger partial charge in [0.25, 0.3) is 5.91 Å². The lowest BCUT2D eigenvalue weighted by molar-refractivity contribution is -0.133. The minimum atomic E-state index is -0.900. The summed E-state index contributed by atoms with van der Waals surface area (Å²) in [6, 6.07) is 21.0. The van der Waals surface area contributed by atoms with Crippen molar-refractivity contribution in [2.75, 3.05) is 37.6 Å². The number of hydrogen-bond acceptors (Lipinski definition) is 6. The Kier molecular flexibility index (Phi) is 9.60. The van der Waals surface area contributed by atoms with Crippen LogP contribution in [0, 0.1) is 0 Å². The van der Waals surface area contributed by atoms with Crippen LogP contribution in [-0.4, -0.2) is 66.3 Å². The first kappa shape index (κ1) is 33.3. The number of fused-ring (bicyclic) bond motifs is 1. The highest BCUT2D eigenvalue weighted by Gasteiger charge is 2.31. The summed E-state index contributed by atoms with van der Waals surface area (Å²) in [5.41, 5.74) is 3.80. The number of para-hydroxylation sites is 1. The maximum Gasteiger partial charge on any atom is 0.287 e. The van der Waals surface area contributed by atoms with Crippen LogP contribution in [0.2, 0.25) is 5.02 Å². The van der Waals surface area contributed by atoms with Gasteiger partial charge < -0.3 is 24.4 Å². The van der Waals surface area contributed by atoms with Crippen molar-refractivity contribution in [1.29, 1.82) is 0 Å². The maximum atomic E-state index is 14.1. The maximum absolute atomic E-state index is 14.1. The van der Waals surface area contributed by atoms with Gasteiger partial charge in [0.15, 0.2) is 11.2 Å². The first-order valence-corrected chi connectivity index (χ1v) is 16.9. The first-order chi connectivity index (χ1) is 23.0. The Morgan fingerprint density at radius 3 is 2.33 bits per heavy atom. The fraction of sp³-hybridized carbons (Fsp3) is 0.368. The van der Waals surface area contributed by atoms with Gasteiger partial charge in [-0.3, -0.25) is 19.2 Å². The molecule has 1 aromatic heterocycles. The molecule has 0 bridgehead atoms. The zero-order chi connectivity index (χ0) is 34.0. The predicted molar refractivity (Wildman–Crippen MR) is 187 cm³/mol. The molecule has 0 spiro atoms. The van der Waals surface area contributed by atoms with E-state index in [0.717, 1.165) is 35.3 Å². The Balaban J connectivity index is 1.19. The second kappa shape index (κ2) is 13.8. The number of carbonyl (C=O) groups is 3. The van der Waals surface area contributed by atoms with Gasteiger partial charge in [0.1, 0.15) is 11.6 Å². The van der Waals surface area contributed by atoms with Gasteiger partial charge in [-0.15, -0.1) is 0 Å². The lowest BCUT2D eigenvalue weighted by atomic mass is 9.86. The van der Waals surface area contributed by atoms with Crippen LogP contribution < -0.4 is 15.6 Å². The van der Waals surface area contributed by atoms with Crippen LogP contribution in [0.25, 0.3) is 11.0 Å². The average molecular weight is 669 g/mol. The number of nitrogens with one attached hydrogen (secondary N) is 1. The lowest BCUT2D eigenvalue weighted by Crippen LogP contribution is -2.55. The molecule has 1 N–H and O–H groups in total. The first-order valence-electron chi connectivity index (χ1n) is 16.5. The molecular formula is C38H41ClN4O5. The number of benzene rings is 3. The number of piperazine rings is 1. The molecule has 2 saturated heterocycles. The summed E-state index contributed by atoms with van der Waals surface area (Å²) in [6.07, 6.45) is 1.73. The smallest absolute Gasteiger partial charge is 0.287 e. The molecule has 48 heavy (non-hydrogen) atoms. The molecule has 10 heteroatoms. The Hall–Kier alpha value is -4.63. The Bertz CT molecular complexity index is 1890. The minimum absolute atomic E-state index is 0.150. The van der Waals surface area contributed by atoms with Crippen molar-refractivity contribution < 1.29 is 18.8 Å². The van der Waals surface area contributed by atoms with Crippen LogP contribution in [0.4, 0.5) is 5.69 Å². The minimum Gasteiger partial charge on any atom is -0.451 e. The Morgan fingerprint density at radius 1 is 0.917 bits per heavy atom. The molecule has 0 radical (unpaired) electrons. The van der Waals surface area contributed by atoms with E-state index in [9.17, 15) is 19.2 Å². The molecule has 9 nitrogen and oxygen atoms in total. The van der Waals surface area contributed by atoms with Gasteiger partial charge in [0.2, 0.25) is 11.8 Å². The van der Waals surface area contributed by atoms with Crippen LogP contribution >= 0.6 is 11.6 Å². The van der Waals surface area contributed by atoms with Crippen molar-refractivity contribution in [2.45, 2.75) is 58.0 Å². The monoisotopic (exact) mass is 668 g/mol. The van der Waals surface area contributed by atoms with Crippen molar-refractivity contribution in [1.82, 2.24) is 15.1 Å². The van der Waals surface area contributed by atoms with Crippen LogP contribution in [0.5, 0.6) is 0 Å². The molecule has 1 atom stereocenters. The molecule has 0 aliphatic carbocycles. The summed E-state index contributed by atoms with van der Waals surface area (Å²) in [7, 11) is 0. The molecule has 3 amide bonds. The van der Waals surface area contributed by atoms with Gasteiger partial charge >= 0.3 is 0 Å². The summed E-state index contributed by atoms with van der Waals surface area (Å²) in [5, 5.41) is 3.85. The van der Waals surface area contributed by atoms with E-state index in [4.69, 9.17) is 16.0 Å². The van der Waals surface area contributed by atoms with Gasteiger partial charge in [-0.25, -0.2) is 0 Å². The van der Waals surface area contributed by atoms with E-state index in [1.807, 2.05) is 35.2 Å². The molecule has 250 valence electrons. The molecule has 3 heterocycles. The topological polar surface area (TPSA) is 103 Å². The van der Waals surface area contributed by atoms with Crippen LogP contribution in [-0.2, 0) is 28.0 Å². The second-order valence-corrected chi connectivity index (χ2v) is 14.1. The summed E-state index contributed by atoms with van der Waals surface area (Å²) < 4.78 is 5.91. The van der Waals surface area contributed by atoms with Crippen LogP contribution in [0.1, 0.15) is 60.9 Å². The molecule has 2 aliphatic rings. The lowest BCUT2D eigenvalue weighted by Gasteiger charge is -2.38. The van der Waals surface area contributed by atoms with Crippen LogP contribution in [0.3, 0.4) is 0 Å². The van der Waals surface area contributed by atoms with E-state index >= 15 is 0 Å². The number of nitrogens with zero attached hydrogens (tertiary/aromatic N) is 3. The molecule has 0 saturated carbocycles. The fourth-order valence-electron chi connectivity index (χ4n) is 6.44. The Labute approximate surface area is 285 Å². The van der Waals surface area contributed by atoms with E-state index in [1.165, 1.54) is 6.07 Å². The summed E-state index contributed by atoms with van der Waals surface area (Å²) in [5.74, 6) is -0.813. The molecule has 0 unspecified atom stereocenters. The summed E-state index contributed by atoms with van der Waals surface area (Å²) in [6.45, 7) is 9.67.